The van der Waals surface area contributed by atoms with Gasteiger partial charge in [0.1, 0.15) is 5.75 Å². The first-order chi connectivity index (χ1) is 13.8. The molecule has 1 amide bonds. The number of hydrogen-bond donors (Lipinski definition) is 1. The molecule has 1 atom stereocenters. The molecule has 1 saturated heterocycles. The van der Waals surface area contributed by atoms with Crippen molar-refractivity contribution in [2.24, 2.45) is 0 Å². The number of amides is 1. The van der Waals surface area contributed by atoms with Crippen LogP contribution in [0.3, 0.4) is 0 Å². The van der Waals surface area contributed by atoms with Gasteiger partial charge in [-0.05, 0) is 61.6 Å². The first-order valence-corrected chi connectivity index (χ1v) is 11.3. The average molecular weight is 417 g/mol. The summed E-state index contributed by atoms with van der Waals surface area (Å²) in [5.74, 6) is 0.466. The Kier molecular flexibility index (Phi) is 6.29. The molecule has 2 aromatic carbocycles. The molecule has 1 heterocycles. The lowest BCUT2D eigenvalue weighted by Gasteiger charge is -2.22. The fourth-order valence-corrected chi connectivity index (χ4v) is 4.90. The number of ether oxygens (including phenoxy) is 1. The number of methoxy groups -OCH3 is 1. The predicted molar refractivity (Wildman–Crippen MR) is 114 cm³/mol. The van der Waals surface area contributed by atoms with E-state index in [0.29, 0.717) is 30.8 Å². The Hall–Kier alpha value is -2.38. The number of carbonyl (C=O) groups is 1. The van der Waals surface area contributed by atoms with Crippen LogP contribution in [0.2, 0.25) is 0 Å². The first-order valence-electron chi connectivity index (χ1n) is 9.84. The Morgan fingerprint density at radius 1 is 1.14 bits per heavy atom. The zero-order chi connectivity index (χ0) is 21.2. The quantitative estimate of drug-likeness (QED) is 0.743. The first kappa shape index (κ1) is 21.3. The van der Waals surface area contributed by atoms with Crippen molar-refractivity contribution in [1.82, 2.24) is 4.72 Å². The molecule has 7 heteroatoms. The van der Waals surface area contributed by atoms with Crippen molar-refractivity contribution in [3.63, 3.8) is 0 Å². The summed E-state index contributed by atoms with van der Waals surface area (Å²) in [6, 6.07) is 10.3. The van der Waals surface area contributed by atoms with E-state index in [2.05, 4.69) is 4.72 Å². The zero-order valence-corrected chi connectivity index (χ0v) is 18.2. The van der Waals surface area contributed by atoms with Crippen LogP contribution in [0.5, 0.6) is 5.75 Å². The van der Waals surface area contributed by atoms with Crippen molar-refractivity contribution in [2.75, 3.05) is 18.6 Å². The summed E-state index contributed by atoms with van der Waals surface area (Å²) in [6.07, 6.45) is 1.83. The fourth-order valence-electron chi connectivity index (χ4n) is 3.57. The molecule has 6 nitrogen and oxygen atoms in total. The number of anilines is 1. The summed E-state index contributed by atoms with van der Waals surface area (Å²) in [5, 5.41) is 0. The van der Waals surface area contributed by atoms with Gasteiger partial charge in [0, 0.05) is 19.0 Å². The summed E-state index contributed by atoms with van der Waals surface area (Å²) in [7, 11) is -2.27. The maximum absolute atomic E-state index is 13.1. The van der Waals surface area contributed by atoms with Gasteiger partial charge in [0.15, 0.2) is 0 Å². The number of nitrogens with one attached hydrogen (secondary N) is 1. The summed E-state index contributed by atoms with van der Waals surface area (Å²) in [4.78, 5) is 13.9. The van der Waals surface area contributed by atoms with Crippen molar-refractivity contribution < 1.29 is 17.9 Å². The minimum atomic E-state index is -3.78. The highest BCUT2D eigenvalue weighted by atomic mass is 32.2. The second-order valence-corrected chi connectivity index (χ2v) is 9.12. The van der Waals surface area contributed by atoms with Crippen LogP contribution in [-0.4, -0.2) is 28.0 Å². The molecule has 1 aliphatic heterocycles. The van der Waals surface area contributed by atoms with Crippen LogP contribution in [0.15, 0.2) is 41.3 Å². The van der Waals surface area contributed by atoms with Crippen LogP contribution < -0.4 is 14.4 Å². The highest BCUT2D eigenvalue weighted by molar-refractivity contribution is 7.89. The van der Waals surface area contributed by atoms with E-state index >= 15 is 0 Å². The topological polar surface area (TPSA) is 75.7 Å². The van der Waals surface area contributed by atoms with Gasteiger partial charge >= 0.3 is 0 Å². The largest absolute Gasteiger partial charge is 0.495 e. The molecule has 0 unspecified atom stereocenters. The van der Waals surface area contributed by atoms with Crippen LogP contribution in [0.4, 0.5) is 5.69 Å². The van der Waals surface area contributed by atoms with Crippen LogP contribution in [-0.2, 0) is 14.8 Å². The van der Waals surface area contributed by atoms with E-state index in [-0.39, 0.29) is 16.8 Å². The lowest BCUT2D eigenvalue weighted by Crippen LogP contribution is -2.29. The van der Waals surface area contributed by atoms with Gasteiger partial charge in [-0.2, -0.15) is 0 Å². The normalized spacial score (nSPS) is 15.6. The molecule has 1 fully saturated rings. The van der Waals surface area contributed by atoms with Gasteiger partial charge in [-0.1, -0.05) is 25.1 Å². The zero-order valence-electron chi connectivity index (χ0n) is 17.4. The predicted octanol–water partition coefficient (Wildman–Crippen LogP) is 3.87. The highest BCUT2D eigenvalue weighted by Crippen LogP contribution is 2.34. The van der Waals surface area contributed by atoms with Crippen molar-refractivity contribution in [1.29, 1.82) is 0 Å². The Balaban J connectivity index is 1.93. The molecule has 0 spiro atoms. The van der Waals surface area contributed by atoms with Gasteiger partial charge in [0.05, 0.1) is 17.7 Å². The molecule has 0 aliphatic carbocycles. The number of aryl methyl sites for hydroxylation is 2. The molecule has 0 saturated carbocycles. The van der Waals surface area contributed by atoms with Gasteiger partial charge in [0.2, 0.25) is 15.9 Å². The van der Waals surface area contributed by atoms with E-state index in [4.69, 9.17) is 4.74 Å². The van der Waals surface area contributed by atoms with Crippen LogP contribution in [0, 0.1) is 13.8 Å². The number of benzene rings is 2. The van der Waals surface area contributed by atoms with Gasteiger partial charge in [-0.3, -0.25) is 4.79 Å². The van der Waals surface area contributed by atoms with Crippen molar-refractivity contribution in [3.05, 3.63) is 53.1 Å². The third-order valence-electron chi connectivity index (χ3n) is 5.46. The van der Waals surface area contributed by atoms with Crippen LogP contribution in [0.25, 0.3) is 0 Å². The number of nitrogens with zero attached hydrogens (tertiary/aromatic N) is 1. The third kappa shape index (κ3) is 4.46. The lowest BCUT2D eigenvalue weighted by molar-refractivity contribution is -0.117. The SMILES string of the molecule is CC[C@H](NS(=O)(=O)c1ccc(OC)c(N2CCCC2=O)c1)c1ccc(C)c(C)c1. The Morgan fingerprint density at radius 3 is 2.48 bits per heavy atom. The smallest absolute Gasteiger partial charge is 0.241 e. The number of carbonyl (C=O) groups excluding carboxylic acids is 1. The maximum atomic E-state index is 13.1. The molecule has 29 heavy (non-hydrogen) atoms. The summed E-state index contributed by atoms with van der Waals surface area (Å²) < 4.78 is 34.4. The monoisotopic (exact) mass is 416 g/mol. The summed E-state index contributed by atoms with van der Waals surface area (Å²) in [5.41, 5.74) is 3.72. The molecule has 0 aromatic heterocycles. The Labute approximate surface area is 172 Å². The molecule has 1 aliphatic rings. The summed E-state index contributed by atoms with van der Waals surface area (Å²) in [6.45, 7) is 6.56. The average Bonchev–Trinajstić information content (AvgIpc) is 3.13. The van der Waals surface area contributed by atoms with Gasteiger partial charge < -0.3 is 9.64 Å². The molecule has 0 bridgehead atoms. The maximum Gasteiger partial charge on any atom is 0.241 e. The van der Waals surface area contributed by atoms with Gasteiger partial charge in [-0.15, -0.1) is 0 Å². The second kappa shape index (κ2) is 8.55. The number of sulfonamides is 1. The fraction of sp³-hybridized carbons (Fsp3) is 0.409. The van der Waals surface area contributed by atoms with Crippen molar-refractivity contribution in [2.45, 2.75) is 51.0 Å². The molecular formula is C22H28N2O4S. The minimum Gasteiger partial charge on any atom is -0.495 e. The number of hydrogen-bond acceptors (Lipinski definition) is 4. The van der Waals surface area contributed by atoms with Crippen LogP contribution in [0.1, 0.15) is 48.9 Å². The third-order valence-corrected chi connectivity index (χ3v) is 6.93. The van der Waals surface area contributed by atoms with E-state index in [9.17, 15) is 13.2 Å². The molecule has 1 N–H and O–H groups in total. The molecule has 3 rings (SSSR count). The second-order valence-electron chi connectivity index (χ2n) is 7.41. The van der Waals surface area contributed by atoms with E-state index < -0.39 is 10.0 Å². The van der Waals surface area contributed by atoms with E-state index in [1.807, 2.05) is 39.0 Å². The standard InChI is InChI=1S/C22H28N2O4S/c1-5-19(17-9-8-15(2)16(3)13-17)23-29(26,27)18-10-11-21(28-4)20(14-18)24-12-6-7-22(24)25/h8-11,13-14,19,23H,5-7,12H2,1-4H3/t19-/m0/s1. The summed E-state index contributed by atoms with van der Waals surface area (Å²) >= 11 is 0. The van der Waals surface area contributed by atoms with E-state index in [1.54, 1.807) is 11.0 Å². The van der Waals surface area contributed by atoms with Gasteiger partial charge in [-0.25, -0.2) is 13.1 Å². The molecule has 0 radical (unpaired) electrons. The van der Waals surface area contributed by atoms with Crippen molar-refractivity contribution in [3.8, 4) is 5.75 Å². The Morgan fingerprint density at radius 2 is 1.90 bits per heavy atom. The van der Waals surface area contributed by atoms with E-state index in [0.717, 1.165) is 17.5 Å². The molecule has 156 valence electrons. The van der Waals surface area contributed by atoms with Crippen molar-refractivity contribution >= 4 is 21.6 Å². The minimum absolute atomic E-state index is 0.0210. The van der Waals surface area contributed by atoms with E-state index in [1.165, 1.54) is 24.8 Å². The van der Waals surface area contributed by atoms with Crippen LogP contribution >= 0.6 is 0 Å². The molecular weight excluding hydrogens is 388 g/mol. The highest BCUT2D eigenvalue weighted by Gasteiger charge is 2.27. The van der Waals surface area contributed by atoms with Gasteiger partial charge in [0.25, 0.3) is 0 Å². The molecule has 2 aromatic rings. The Bertz CT molecular complexity index is 1020. The number of rotatable bonds is 7. The lowest BCUT2D eigenvalue weighted by atomic mass is 10.0.